The van der Waals surface area contributed by atoms with Gasteiger partial charge in [0.2, 0.25) is 11.8 Å². The fourth-order valence-corrected chi connectivity index (χ4v) is 4.41. The van der Waals surface area contributed by atoms with Crippen LogP contribution in [-0.2, 0) is 9.59 Å². The van der Waals surface area contributed by atoms with Crippen LogP contribution in [0.3, 0.4) is 0 Å². The van der Waals surface area contributed by atoms with Crippen molar-refractivity contribution in [2.24, 2.45) is 5.92 Å². The van der Waals surface area contributed by atoms with Crippen molar-refractivity contribution in [3.63, 3.8) is 0 Å². The third-order valence-corrected chi connectivity index (χ3v) is 5.72. The fraction of sp³-hybridized carbons (Fsp3) is 0.600. The van der Waals surface area contributed by atoms with Crippen LogP contribution >= 0.6 is 11.8 Å². The number of benzene rings is 1. The van der Waals surface area contributed by atoms with E-state index in [-0.39, 0.29) is 17.2 Å². The van der Waals surface area contributed by atoms with Gasteiger partial charge in [0, 0.05) is 0 Å². The summed E-state index contributed by atoms with van der Waals surface area (Å²) in [6, 6.07) is 7.82. The van der Waals surface area contributed by atoms with Gasteiger partial charge in [0.1, 0.15) is 11.4 Å². The molecule has 1 aliphatic heterocycles. The van der Waals surface area contributed by atoms with Gasteiger partial charge < -0.3 is 15.1 Å². The van der Waals surface area contributed by atoms with E-state index in [2.05, 4.69) is 58.4 Å². The molecule has 1 fully saturated rings. The van der Waals surface area contributed by atoms with Crippen molar-refractivity contribution >= 4 is 23.6 Å². The molecular weight excluding hydrogens is 346 g/mol. The van der Waals surface area contributed by atoms with E-state index in [1.165, 1.54) is 10.5 Å². The van der Waals surface area contributed by atoms with Crippen LogP contribution in [0, 0.1) is 12.8 Å². The van der Waals surface area contributed by atoms with E-state index in [1.54, 1.807) is 11.8 Å². The number of hydrogen-bond donors (Lipinski definition) is 2. The second kappa shape index (κ2) is 9.42. The van der Waals surface area contributed by atoms with Crippen molar-refractivity contribution in [1.29, 1.82) is 0 Å². The molecule has 5 nitrogen and oxygen atoms in total. The number of thioether (sulfide) groups is 1. The SMILES string of the molecule is Cc1cccc([C@H]2SCC(=O)N2[C@@H](CC(C)C)C(=O)NCC[NH+](C)C)c1. The van der Waals surface area contributed by atoms with Crippen LogP contribution in [0.4, 0.5) is 0 Å². The number of nitrogens with one attached hydrogen (secondary N) is 2. The van der Waals surface area contributed by atoms with Gasteiger partial charge in [-0.15, -0.1) is 11.8 Å². The summed E-state index contributed by atoms with van der Waals surface area (Å²) in [5.74, 6) is 0.790. The zero-order valence-corrected chi connectivity index (χ0v) is 17.4. The molecule has 1 aromatic carbocycles. The Kier molecular flexibility index (Phi) is 7.53. The second-order valence-electron chi connectivity index (χ2n) is 7.77. The molecule has 2 amide bonds. The summed E-state index contributed by atoms with van der Waals surface area (Å²) in [7, 11) is 4.12. The maximum atomic E-state index is 12.9. The number of carbonyl (C=O) groups excluding carboxylic acids is 2. The molecular formula is C20H32N3O2S+. The molecule has 1 saturated heterocycles. The van der Waals surface area contributed by atoms with Crippen LogP contribution in [0.15, 0.2) is 24.3 Å². The highest BCUT2D eigenvalue weighted by atomic mass is 32.2. The molecule has 0 saturated carbocycles. The van der Waals surface area contributed by atoms with Crippen LogP contribution in [-0.4, -0.2) is 55.7 Å². The van der Waals surface area contributed by atoms with E-state index >= 15 is 0 Å². The van der Waals surface area contributed by atoms with Crippen molar-refractivity contribution in [2.45, 2.75) is 38.6 Å². The lowest BCUT2D eigenvalue weighted by Crippen LogP contribution is -3.06. The Balaban J connectivity index is 2.22. The first kappa shape index (κ1) is 20.8. The minimum absolute atomic E-state index is 0.0338. The Morgan fingerprint density at radius 3 is 2.73 bits per heavy atom. The molecule has 0 aromatic heterocycles. The summed E-state index contributed by atoms with van der Waals surface area (Å²) in [6.07, 6.45) is 0.676. The molecule has 0 unspecified atom stereocenters. The third kappa shape index (κ3) is 5.48. The van der Waals surface area contributed by atoms with E-state index in [4.69, 9.17) is 0 Å². The van der Waals surface area contributed by atoms with E-state index < -0.39 is 6.04 Å². The Labute approximate surface area is 161 Å². The predicted octanol–water partition coefficient (Wildman–Crippen LogP) is 1.24. The zero-order valence-electron chi connectivity index (χ0n) is 16.5. The molecule has 2 atom stereocenters. The normalized spacial score (nSPS) is 18.7. The Hall–Kier alpha value is -1.53. The minimum Gasteiger partial charge on any atom is -0.349 e. The smallest absolute Gasteiger partial charge is 0.243 e. The maximum Gasteiger partial charge on any atom is 0.243 e. The van der Waals surface area contributed by atoms with Crippen LogP contribution in [0.1, 0.15) is 36.8 Å². The summed E-state index contributed by atoms with van der Waals surface area (Å²) in [5.41, 5.74) is 2.27. The van der Waals surface area contributed by atoms with Crippen molar-refractivity contribution in [3.8, 4) is 0 Å². The lowest BCUT2D eigenvalue weighted by molar-refractivity contribution is -0.856. The highest BCUT2D eigenvalue weighted by Crippen LogP contribution is 2.41. The number of hydrogen-bond acceptors (Lipinski definition) is 3. The summed E-state index contributed by atoms with van der Waals surface area (Å²) >= 11 is 1.61. The maximum absolute atomic E-state index is 12.9. The molecule has 0 aliphatic carbocycles. The van der Waals surface area contributed by atoms with Crippen LogP contribution in [0.25, 0.3) is 0 Å². The number of carbonyl (C=O) groups is 2. The van der Waals surface area contributed by atoms with E-state index in [0.29, 0.717) is 24.6 Å². The van der Waals surface area contributed by atoms with Crippen molar-refractivity contribution in [2.75, 3.05) is 32.9 Å². The number of aryl methyl sites for hydroxylation is 1. The molecule has 2 N–H and O–H groups in total. The molecule has 1 heterocycles. The summed E-state index contributed by atoms with van der Waals surface area (Å²) in [5, 5.41) is 2.95. The highest BCUT2D eigenvalue weighted by molar-refractivity contribution is 8.00. The lowest BCUT2D eigenvalue weighted by Gasteiger charge is -2.33. The quantitative estimate of drug-likeness (QED) is 0.716. The van der Waals surface area contributed by atoms with Gasteiger partial charge >= 0.3 is 0 Å². The number of amides is 2. The first-order chi connectivity index (χ1) is 12.3. The van der Waals surface area contributed by atoms with Gasteiger partial charge in [0.05, 0.1) is 32.9 Å². The van der Waals surface area contributed by atoms with Gasteiger partial charge in [-0.3, -0.25) is 9.59 Å². The summed E-state index contributed by atoms with van der Waals surface area (Å²) < 4.78 is 0. The fourth-order valence-electron chi connectivity index (χ4n) is 3.20. The second-order valence-corrected chi connectivity index (χ2v) is 8.84. The molecule has 0 spiro atoms. The van der Waals surface area contributed by atoms with Crippen LogP contribution in [0.2, 0.25) is 0 Å². The molecule has 2 rings (SSSR count). The number of rotatable bonds is 8. The first-order valence-electron chi connectivity index (χ1n) is 9.35. The van der Waals surface area contributed by atoms with Crippen molar-refractivity contribution < 1.29 is 14.5 Å². The third-order valence-electron chi connectivity index (χ3n) is 4.49. The van der Waals surface area contributed by atoms with E-state index in [1.807, 2.05) is 11.0 Å². The van der Waals surface area contributed by atoms with E-state index in [0.717, 1.165) is 12.1 Å². The minimum atomic E-state index is -0.417. The van der Waals surface area contributed by atoms with Crippen molar-refractivity contribution in [3.05, 3.63) is 35.4 Å². The van der Waals surface area contributed by atoms with Gasteiger partial charge in [-0.05, 0) is 24.8 Å². The number of quaternary nitrogens is 1. The Morgan fingerprint density at radius 1 is 1.38 bits per heavy atom. The molecule has 6 heteroatoms. The van der Waals surface area contributed by atoms with Gasteiger partial charge in [-0.25, -0.2) is 0 Å². The highest BCUT2D eigenvalue weighted by Gasteiger charge is 2.41. The zero-order chi connectivity index (χ0) is 19.3. The molecule has 0 radical (unpaired) electrons. The Bertz CT molecular complexity index is 633. The predicted molar refractivity (Wildman–Crippen MR) is 107 cm³/mol. The van der Waals surface area contributed by atoms with Crippen LogP contribution < -0.4 is 10.2 Å². The molecule has 26 heavy (non-hydrogen) atoms. The van der Waals surface area contributed by atoms with Gasteiger partial charge in [-0.1, -0.05) is 43.7 Å². The average molecular weight is 379 g/mol. The first-order valence-corrected chi connectivity index (χ1v) is 10.4. The van der Waals surface area contributed by atoms with Crippen LogP contribution in [0.5, 0.6) is 0 Å². The molecule has 1 aromatic rings. The van der Waals surface area contributed by atoms with Crippen molar-refractivity contribution in [1.82, 2.24) is 10.2 Å². The largest absolute Gasteiger partial charge is 0.349 e. The molecule has 0 bridgehead atoms. The lowest BCUT2D eigenvalue weighted by atomic mass is 10.0. The summed E-state index contributed by atoms with van der Waals surface area (Å²) in [4.78, 5) is 28.7. The van der Waals surface area contributed by atoms with Gasteiger partial charge in [0.15, 0.2) is 0 Å². The van der Waals surface area contributed by atoms with E-state index in [9.17, 15) is 9.59 Å². The average Bonchev–Trinajstić information content (AvgIpc) is 2.93. The standard InChI is InChI=1S/C20H31N3O2S/c1-14(2)11-17(19(25)21-9-10-22(4)5)23-18(24)13-26-20(23)16-8-6-7-15(3)12-16/h6-8,12,14,17,20H,9-11,13H2,1-5H3,(H,21,25)/p+1/t17-,20+/m0/s1. The van der Waals surface area contributed by atoms with Gasteiger partial charge in [-0.2, -0.15) is 0 Å². The Morgan fingerprint density at radius 2 is 2.12 bits per heavy atom. The monoisotopic (exact) mass is 378 g/mol. The molecule has 144 valence electrons. The number of likely N-dealkylation sites (N-methyl/N-ethyl adjacent to an activating group) is 1. The van der Waals surface area contributed by atoms with Gasteiger partial charge in [0.25, 0.3) is 0 Å². The molecule has 1 aliphatic rings. The topological polar surface area (TPSA) is 53.9 Å². The number of nitrogens with zero attached hydrogens (tertiary/aromatic N) is 1. The summed E-state index contributed by atoms with van der Waals surface area (Å²) in [6.45, 7) is 7.74.